The van der Waals surface area contributed by atoms with Crippen LogP contribution in [0.5, 0.6) is 0 Å². The Hall–Kier alpha value is -2.74. The topological polar surface area (TPSA) is 81.0 Å². The SMILES string of the molecule is Cc1nnc2n1[C@H](Cc1ccccc1)CN(c1ccc(S(C)(=O)=O)cn1)C2. The van der Waals surface area contributed by atoms with E-state index in [-0.39, 0.29) is 10.9 Å². The van der Waals surface area contributed by atoms with Crippen molar-refractivity contribution in [2.45, 2.75) is 30.8 Å². The Bertz CT molecular complexity index is 1050. The summed E-state index contributed by atoms with van der Waals surface area (Å²) >= 11 is 0. The van der Waals surface area contributed by atoms with Gasteiger partial charge in [0.1, 0.15) is 11.6 Å². The van der Waals surface area contributed by atoms with E-state index in [1.165, 1.54) is 18.0 Å². The number of nitrogens with zero attached hydrogens (tertiary/aromatic N) is 5. The molecule has 0 saturated heterocycles. The number of benzene rings is 1. The van der Waals surface area contributed by atoms with Crippen molar-refractivity contribution in [2.24, 2.45) is 0 Å². The normalized spacial score (nSPS) is 17.0. The second kappa shape index (κ2) is 6.77. The van der Waals surface area contributed by atoms with E-state index in [2.05, 4.69) is 36.8 Å². The van der Waals surface area contributed by atoms with Crippen LogP contribution >= 0.6 is 0 Å². The highest BCUT2D eigenvalue weighted by molar-refractivity contribution is 7.90. The number of anilines is 1. The number of sulfone groups is 1. The summed E-state index contributed by atoms with van der Waals surface area (Å²) in [6.07, 6.45) is 3.47. The summed E-state index contributed by atoms with van der Waals surface area (Å²) in [5, 5.41) is 8.58. The molecule has 0 bridgehead atoms. The zero-order valence-corrected chi connectivity index (χ0v) is 16.1. The number of aromatic nitrogens is 4. The molecule has 1 atom stereocenters. The zero-order valence-electron chi connectivity index (χ0n) is 15.3. The summed E-state index contributed by atoms with van der Waals surface area (Å²) in [5.74, 6) is 2.55. The van der Waals surface area contributed by atoms with Crippen molar-refractivity contribution >= 4 is 15.7 Å². The molecule has 0 aliphatic carbocycles. The Balaban J connectivity index is 1.64. The van der Waals surface area contributed by atoms with E-state index in [4.69, 9.17) is 0 Å². The fourth-order valence-corrected chi connectivity index (χ4v) is 4.12. The van der Waals surface area contributed by atoms with Crippen molar-refractivity contribution in [3.05, 3.63) is 65.9 Å². The molecule has 2 aromatic heterocycles. The first-order chi connectivity index (χ1) is 12.9. The molecular formula is C19H21N5O2S. The van der Waals surface area contributed by atoms with Crippen LogP contribution in [-0.2, 0) is 22.8 Å². The van der Waals surface area contributed by atoms with Crippen molar-refractivity contribution in [1.82, 2.24) is 19.7 Å². The molecule has 140 valence electrons. The van der Waals surface area contributed by atoms with Gasteiger partial charge >= 0.3 is 0 Å². The summed E-state index contributed by atoms with van der Waals surface area (Å²) in [4.78, 5) is 6.73. The summed E-state index contributed by atoms with van der Waals surface area (Å²) in [7, 11) is -3.25. The van der Waals surface area contributed by atoms with Crippen LogP contribution in [0.2, 0.25) is 0 Å². The molecule has 1 aromatic carbocycles. The van der Waals surface area contributed by atoms with E-state index in [9.17, 15) is 8.42 Å². The van der Waals surface area contributed by atoms with Crippen LogP contribution in [0.4, 0.5) is 5.82 Å². The Morgan fingerprint density at radius 1 is 1.11 bits per heavy atom. The van der Waals surface area contributed by atoms with Gasteiger partial charge in [-0.15, -0.1) is 10.2 Å². The van der Waals surface area contributed by atoms with E-state index in [1.807, 2.05) is 25.1 Å². The number of pyridine rings is 1. The minimum absolute atomic E-state index is 0.183. The zero-order chi connectivity index (χ0) is 19.0. The Morgan fingerprint density at radius 2 is 1.89 bits per heavy atom. The van der Waals surface area contributed by atoms with Gasteiger partial charge in [-0.05, 0) is 31.0 Å². The van der Waals surface area contributed by atoms with E-state index in [1.54, 1.807) is 12.1 Å². The molecule has 0 unspecified atom stereocenters. The molecule has 0 spiro atoms. The van der Waals surface area contributed by atoms with Crippen molar-refractivity contribution in [3.63, 3.8) is 0 Å². The Labute approximate surface area is 158 Å². The van der Waals surface area contributed by atoms with Gasteiger partial charge < -0.3 is 9.47 Å². The molecule has 0 N–H and O–H groups in total. The fraction of sp³-hybridized carbons (Fsp3) is 0.316. The number of hydrogen-bond donors (Lipinski definition) is 0. The molecule has 27 heavy (non-hydrogen) atoms. The predicted molar refractivity (Wildman–Crippen MR) is 102 cm³/mol. The van der Waals surface area contributed by atoms with Gasteiger partial charge in [0, 0.05) is 19.0 Å². The van der Waals surface area contributed by atoms with Crippen molar-refractivity contribution in [1.29, 1.82) is 0 Å². The van der Waals surface area contributed by atoms with Gasteiger partial charge in [-0.1, -0.05) is 30.3 Å². The maximum atomic E-state index is 11.7. The predicted octanol–water partition coefficient (Wildman–Crippen LogP) is 2.19. The third-order valence-electron chi connectivity index (χ3n) is 4.85. The van der Waals surface area contributed by atoms with Gasteiger partial charge in [-0.3, -0.25) is 0 Å². The first-order valence-electron chi connectivity index (χ1n) is 8.77. The summed E-state index contributed by atoms with van der Waals surface area (Å²) in [6, 6.07) is 13.9. The average Bonchev–Trinajstić information content (AvgIpc) is 3.03. The fourth-order valence-electron chi connectivity index (χ4n) is 3.56. The van der Waals surface area contributed by atoms with Gasteiger partial charge in [0.25, 0.3) is 0 Å². The number of hydrogen-bond acceptors (Lipinski definition) is 6. The Kier molecular flexibility index (Phi) is 4.43. The summed E-state index contributed by atoms with van der Waals surface area (Å²) in [5.41, 5.74) is 1.25. The van der Waals surface area contributed by atoms with E-state index in [0.29, 0.717) is 6.54 Å². The van der Waals surface area contributed by atoms with Crippen LogP contribution in [0, 0.1) is 6.92 Å². The van der Waals surface area contributed by atoms with E-state index >= 15 is 0 Å². The number of rotatable bonds is 4. The summed E-state index contributed by atoms with van der Waals surface area (Å²) < 4.78 is 25.5. The largest absolute Gasteiger partial charge is 0.347 e. The van der Waals surface area contributed by atoms with Crippen LogP contribution in [0.15, 0.2) is 53.6 Å². The monoisotopic (exact) mass is 383 g/mol. The molecule has 3 heterocycles. The number of aryl methyl sites for hydroxylation is 1. The third kappa shape index (κ3) is 3.57. The number of fused-ring (bicyclic) bond motifs is 1. The molecule has 1 aliphatic rings. The highest BCUT2D eigenvalue weighted by Crippen LogP contribution is 2.28. The maximum Gasteiger partial charge on any atom is 0.177 e. The Morgan fingerprint density at radius 3 is 2.56 bits per heavy atom. The minimum Gasteiger partial charge on any atom is -0.347 e. The lowest BCUT2D eigenvalue weighted by molar-refractivity contribution is 0.421. The molecule has 0 saturated carbocycles. The molecule has 1 aliphatic heterocycles. The second-order valence-corrected chi connectivity index (χ2v) is 8.90. The molecule has 0 fully saturated rings. The van der Waals surface area contributed by atoms with E-state index < -0.39 is 9.84 Å². The minimum atomic E-state index is -3.25. The van der Waals surface area contributed by atoms with Gasteiger partial charge in [0.05, 0.1) is 17.5 Å². The second-order valence-electron chi connectivity index (χ2n) is 6.88. The molecule has 4 rings (SSSR count). The van der Waals surface area contributed by atoms with E-state index in [0.717, 1.165) is 30.4 Å². The van der Waals surface area contributed by atoms with Crippen LogP contribution < -0.4 is 4.90 Å². The van der Waals surface area contributed by atoms with Crippen LogP contribution in [0.1, 0.15) is 23.3 Å². The smallest absolute Gasteiger partial charge is 0.177 e. The van der Waals surface area contributed by atoms with Gasteiger partial charge in [0.15, 0.2) is 15.7 Å². The lowest BCUT2D eigenvalue weighted by atomic mass is 10.0. The lowest BCUT2D eigenvalue weighted by Gasteiger charge is -2.35. The molecule has 7 nitrogen and oxygen atoms in total. The first kappa shape index (κ1) is 17.7. The maximum absolute atomic E-state index is 11.7. The molecule has 0 amide bonds. The highest BCUT2D eigenvalue weighted by Gasteiger charge is 2.29. The molecule has 8 heteroatoms. The average molecular weight is 383 g/mol. The highest BCUT2D eigenvalue weighted by atomic mass is 32.2. The third-order valence-corrected chi connectivity index (χ3v) is 5.95. The molecule has 0 radical (unpaired) electrons. The first-order valence-corrected chi connectivity index (χ1v) is 10.7. The standard InChI is InChI=1S/C19H21N5O2S/c1-14-21-22-19-13-23(18-9-8-17(11-20-18)27(2,25)26)12-16(24(14)19)10-15-6-4-3-5-7-15/h3-9,11,16H,10,12-13H2,1-2H3/t16-/m1/s1. The quantitative estimate of drug-likeness (QED) is 0.687. The van der Waals surface area contributed by atoms with Gasteiger partial charge in [0.2, 0.25) is 0 Å². The van der Waals surface area contributed by atoms with Crippen molar-refractivity contribution in [3.8, 4) is 0 Å². The van der Waals surface area contributed by atoms with Crippen LogP contribution in [0.3, 0.4) is 0 Å². The van der Waals surface area contributed by atoms with Gasteiger partial charge in [-0.2, -0.15) is 0 Å². The lowest BCUT2D eigenvalue weighted by Crippen LogP contribution is -2.39. The van der Waals surface area contributed by atoms with Crippen molar-refractivity contribution < 1.29 is 8.42 Å². The summed E-state index contributed by atoms with van der Waals surface area (Å²) in [6.45, 7) is 3.33. The van der Waals surface area contributed by atoms with Crippen LogP contribution in [0.25, 0.3) is 0 Å². The molecule has 3 aromatic rings. The molecular weight excluding hydrogens is 362 g/mol. The van der Waals surface area contributed by atoms with Crippen molar-refractivity contribution in [2.75, 3.05) is 17.7 Å². The van der Waals surface area contributed by atoms with Crippen LogP contribution in [-0.4, -0.2) is 41.0 Å². The van der Waals surface area contributed by atoms with Gasteiger partial charge in [-0.25, -0.2) is 13.4 Å².